The molecule has 106 valence electrons. The van der Waals surface area contributed by atoms with Crippen LogP contribution in [-0.4, -0.2) is 34.2 Å². The Balaban J connectivity index is 3.20. The maximum atomic E-state index is 12.2. The van der Waals surface area contributed by atoms with E-state index in [1.807, 2.05) is 0 Å². The lowest BCUT2D eigenvalue weighted by molar-refractivity contribution is 0.460. The Morgan fingerprint density at radius 1 is 1.16 bits per heavy atom. The molecule has 8 heteroatoms. The molecule has 0 aromatic heterocycles. The smallest absolute Gasteiger partial charge is 0.207 e. The van der Waals surface area contributed by atoms with Gasteiger partial charge >= 0.3 is 0 Å². The van der Waals surface area contributed by atoms with Crippen molar-refractivity contribution >= 4 is 29.8 Å². The van der Waals surface area contributed by atoms with E-state index < -0.39 is 19.1 Å². The van der Waals surface area contributed by atoms with Crippen LogP contribution in [0.3, 0.4) is 0 Å². The lowest BCUT2D eigenvalue weighted by atomic mass is 10.4. The molecule has 0 atom stereocenters. The van der Waals surface area contributed by atoms with Gasteiger partial charge in [-0.25, -0.2) is 16.8 Å². The van der Waals surface area contributed by atoms with Gasteiger partial charge in [0, 0.05) is 23.8 Å². The second kappa shape index (κ2) is 6.04. The molecule has 19 heavy (non-hydrogen) atoms. The van der Waals surface area contributed by atoms with Crippen molar-refractivity contribution in [3.8, 4) is 0 Å². The molecule has 1 aromatic carbocycles. The van der Waals surface area contributed by atoms with Crippen LogP contribution in [0.2, 0.25) is 0 Å². The fourth-order valence-corrected chi connectivity index (χ4v) is 3.65. The summed E-state index contributed by atoms with van der Waals surface area (Å²) in [5, 5.41) is 0. The summed E-state index contributed by atoms with van der Waals surface area (Å²) >= 11 is 0. The van der Waals surface area contributed by atoms with Crippen molar-refractivity contribution in [1.82, 2.24) is 4.31 Å². The molecule has 0 unspecified atom stereocenters. The third kappa shape index (κ3) is 3.79. The molecule has 1 rings (SSSR count). The molecule has 0 aliphatic rings. The van der Waals surface area contributed by atoms with E-state index in [1.54, 1.807) is 6.92 Å². The average Bonchev–Trinajstić information content (AvgIpc) is 2.34. The van der Waals surface area contributed by atoms with Gasteiger partial charge < -0.3 is 0 Å². The first-order valence-corrected chi connectivity index (χ1v) is 9.14. The highest BCUT2D eigenvalue weighted by molar-refractivity contribution is 8.13. The molecule has 0 aliphatic carbocycles. The van der Waals surface area contributed by atoms with E-state index in [2.05, 4.69) is 6.58 Å². The number of hydrogen-bond acceptors (Lipinski definition) is 4. The summed E-state index contributed by atoms with van der Waals surface area (Å²) < 4.78 is 47.8. The van der Waals surface area contributed by atoms with Gasteiger partial charge in [0.25, 0.3) is 9.05 Å². The highest BCUT2D eigenvalue weighted by Gasteiger charge is 2.22. The largest absolute Gasteiger partial charge is 0.261 e. The van der Waals surface area contributed by atoms with Crippen molar-refractivity contribution in [2.24, 2.45) is 0 Å². The molecule has 0 bridgehead atoms. The zero-order chi connectivity index (χ0) is 14.7. The lowest BCUT2D eigenvalue weighted by Crippen LogP contribution is -2.31. The maximum Gasteiger partial charge on any atom is 0.261 e. The highest BCUT2D eigenvalue weighted by Crippen LogP contribution is 2.20. The van der Waals surface area contributed by atoms with Gasteiger partial charge in [-0.1, -0.05) is 13.0 Å². The first kappa shape index (κ1) is 16.2. The van der Waals surface area contributed by atoms with Crippen LogP contribution in [0.25, 0.3) is 0 Å². The standard InChI is InChI=1S/C11H14ClNO4S2/c1-3-9-13(4-2)19(16,17)11-7-5-10(6-8-11)18(12,14)15/h3,5-8H,1,4,9H2,2H3. The molecular weight excluding hydrogens is 310 g/mol. The van der Waals surface area contributed by atoms with E-state index in [0.717, 1.165) is 12.1 Å². The van der Waals surface area contributed by atoms with Crippen LogP contribution in [0.1, 0.15) is 6.92 Å². The van der Waals surface area contributed by atoms with E-state index in [9.17, 15) is 16.8 Å². The Labute approximate surface area is 118 Å². The van der Waals surface area contributed by atoms with E-state index in [1.165, 1.54) is 22.5 Å². The third-order valence-corrected chi connectivity index (χ3v) is 5.75. The van der Waals surface area contributed by atoms with Crippen molar-refractivity contribution < 1.29 is 16.8 Å². The Hall–Kier alpha value is -0.890. The molecule has 0 heterocycles. The van der Waals surface area contributed by atoms with Gasteiger partial charge in [0.05, 0.1) is 9.79 Å². The normalized spacial score (nSPS) is 12.6. The average molecular weight is 324 g/mol. The molecule has 0 amide bonds. The summed E-state index contributed by atoms with van der Waals surface area (Å²) in [6.07, 6.45) is 1.48. The minimum absolute atomic E-state index is 0.0141. The molecular formula is C11H14ClNO4S2. The van der Waals surface area contributed by atoms with Crippen LogP contribution in [0, 0.1) is 0 Å². The van der Waals surface area contributed by atoms with E-state index in [4.69, 9.17) is 10.7 Å². The number of halogens is 1. The summed E-state index contributed by atoms with van der Waals surface area (Å²) in [5.74, 6) is 0. The fourth-order valence-electron chi connectivity index (χ4n) is 1.46. The first-order valence-electron chi connectivity index (χ1n) is 5.39. The van der Waals surface area contributed by atoms with Crippen LogP contribution >= 0.6 is 10.7 Å². The Bertz CT molecular complexity index is 650. The number of likely N-dealkylation sites (N-methyl/N-ethyl adjacent to an activating group) is 1. The number of rotatable bonds is 6. The van der Waals surface area contributed by atoms with Crippen LogP contribution in [0.5, 0.6) is 0 Å². The van der Waals surface area contributed by atoms with Gasteiger partial charge in [-0.3, -0.25) is 0 Å². The molecule has 0 N–H and O–H groups in total. The minimum atomic E-state index is -3.85. The molecule has 0 aliphatic heterocycles. The van der Waals surface area contributed by atoms with Crippen LogP contribution in [0.15, 0.2) is 46.7 Å². The zero-order valence-corrected chi connectivity index (χ0v) is 12.7. The van der Waals surface area contributed by atoms with Gasteiger partial charge in [-0.2, -0.15) is 4.31 Å². The summed E-state index contributed by atoms with van der Waals surface area (Å²) in [6.45, 7) is 5.69. The van der Waals surface area contributed by atoms with Gasteiger partial charge in [-0.05, 0) is 24.3 Å². The van der Waals surface area contributed by atoms with Gasteiger partial charge in [0.1, 0.15) is 0 Å². The SMILES string of the molecule is C=CCN(CC)S(=O)(=O)c1ccc(S(=O)(=O)Cl)cc1. The molecule has 5 nitrogen and oxygen atoms in total. The van der Waals surface area contributed by atoms with E-state index >= 15 is 0 Å². The monoisotopic (exact) mass is 323 g/mol. The topological polar surface area (TPSA) is 71.5 Å². The van der Waals surface area contributed by atoms with E-state index in [0.29, 0.717) is 6.54 Å². The zero-order valence-electron chi connectivity index (χ0n) is 10.3. The Morgan fingerprint density at radius 3 is 2.00 bits per heavy atom. The van der Waals surface area contributed by atoms with Crippen molar-refractivity contribution in [2.45, 2.75) is 16.7 Å². The first-order chi connectivity index (χ1) is 8.73. The molecule has 0 saturated heterocycles. The number of nitrogens with zero attached hydrogens (tertiary/aromatic N) is 1. The second-order valence-electron chi connectivity index (χ2n) is 3.65. The van der Waals surface area contributed by atoms with Crippen LogP contribution < -0.4 is 0 Å². The van der Waals surface area contributed by atoms with Crippen molar-refractivity contribution in [2.75, 3.05) is 13.1 Å². The molecule has 0 fully saturated rings. The number of hydrogen-bond donors (Lipinski definition) is 0. The number of benzene rings is 1. The summed E-state index contributed by atoms with van der Waals surface area (Å²) in [4.78, 5) is -0.125. The van der Waals surface area contributed by atoms with E-state index in [-0.39, 0.29) is 16.3 Å². The summed E-state index contributed by atoms with van der Waals surface area (Å²) in [6, 6.07) is 4.76. The van der Waals surface area contributed by atoms with Crippen molar-refractivity contribution in [3.63, 3.8) is 0 Å². The Kier molecular flexibility index (Phi) is 5.14. The van der Waals surface area contributed by atoms with Crippen molar-refractivity contribution in [1.29, 1.82) is 0 Å². The lowest BCUT2D eigenvalue weighted by Gasteiger charge is -2.18. The van der Waals surface area contributed by atoms with Gasteiger partial charge in [0.15, 0.2) is 0 Å². The summed E-state index contributed by atoms with van der Waals surface area (Å²) in [7, 11) is -2.34. The third-order valence-electron chi connectivity index (χ3n) is 2.43. The fraction of sp³-hybridized carbons (Fsp3) is 0.273. The van der Waals surface area contributed by atoms with Crippen LogP contribution in [-0.2, 0) is 19.1 Å². The molecule has 0 saturated carbocycles. The highest BCUT2D eigenvalue weighted by atomic mass is 35.7. The molecule has 1 aromatic rings. The number of sulfonamides is 1. The second-order valence-corrected chi connectivity index (χ2v) is 8.16. The Morgan fingerprint density at radius 2 is 1.63 bits per heavy atom. The molecule has 0 spiro atoms. The predicted molar refractivity (Wildman–Crippen MR) is 74.1 cm³/mol. The summed E-state index contributed by atoms with van der Waals surface area (Å²) in [5.41, 5.74) is 0. The van der Waals surface area contributed by atoms with Gasteiger partial charge in [-0.15, -0.1) is 6.58 Å². The minimum Gasteiger partial charge on any atom is -0.207 e. The van der Waals surface area contributed by atoms with Crippen LogP contribution in [0.4, 0.5) is 0 Å². The maximum absolute atomic E-state index is 12.2. The van der Waals surface area contributed by atoms with Crippen molar-refractivity contribution in [3.05, 3.63) is 36.9 Å². The molecule has 0 radical (unpaired) electrons. The predicted octanol–water partition coefficient (Wildman–Crippen LogP) is 1.81. The quantitative estimate of drug-likeness (QED) is 0.591. The van der Waals surface area contributed by atoms with Gasteiger partial charge in [0.2, 0.25) is 10.0 Å².